The summed E-state index contributed by atoms with van der Waals surface area (Å²) in [5, 5.41) is 10.7. The molecule has 0 spiro atoms. The normalized spacial score (nSPS) is 34.2. The highest BCUT2D eigenvalue weighted by atomic mass is 16.5. The van der Waals surface area contributed by atoms with Crippen molar-refractivity contribution in [2.45, 2.75) is 59.0 Å². The SMILES string of the molecule is C=C(OCC)C(C)(O)C1(C)CCC(C)CC1. The summed E-state index contributed by atoms with van der Waals surface area (Å²) in [6.07, 6.45) is 4.47. The molecule has 94 valence electrons. The third kappa shape index (κ3) is 2.42. The summed E-state index contributed by atoms with van der Waals surface area (Å²) in [5.74, 6) is 1.30. The van der Waals surface area contributed by atoms with E-state index in [9.17, 15) is 5.11 Å². The Labute approximate surface area is 99.7 Å². The maximum Gasteiger partial charge on any atom is 0.123 e. The number of hydrogen-bond acceptors (Lipinski definition) is 2. The first-order valence-corrected chi connectivity index (χ1v) is 6.38. The van der Waals surface area contributed by atoms with Crippen LogP contribution in [0.3, 0.4) is 0 Å². The van der Waals surface area contributed by atoms with Gasteiger partial charge in [-0.1, -0.05) is 33.3 Å². The molecule has 16 heavy (non-hydrogen) atoms. The van der Waals surface area contributed by atoms with Crippen LogP contribution in [0, 0.1) is 11.3 Å². The van der Waals surface area contributed by atoms with E-state index in [0.29, 0.717) is 12.4 Å². The molecule has 0 bridgehead atoms. The molecule has 0 heterocycles. The van der Waals surface area contributed by atoms with Crippen molar-refractivity contribution in [2.75, 3.05) is 6.61 Å². The van der Waals surface area contributed by atoms with Gasteiger partial charge >= 0.3 is 0 Å². The first-order valence-electron chi connectivity index (χ1n) is 6.38. The zero-order valence-corrected chi connectivity index (χ0v) is 11.2. The fourth-order valence-corrected chi connectivity index (χ4v) is 2.54. The smallest absolute Gasteiger partial charge is 0.123 e. The molecule has 0 radical (unpaired) electrons. The molecule has 1 aliphatic rings. The van der Waals surface area contributed by atoms with Crippen LogP contribution >= 0.6 is 0 Å². The maximum atomic E-state index is 10.7. The fraction of sp³-hybridized carbons (Fsp3) is 0.857. The molecule has 0 aromatic heterocycles. The Morgan fingerprint density at radius 3 is 2.44 bits per heavy atom. The Morgan fingerprint density at radius 1 is 1.50 bits per heavy atom. The molecule has 1 N–H and O–H groups in total. The predicted molar refractivity (Wildman–Crippen MR) is 67.1 cm³/mol. The first-order chi connectivity index (χ1) is 7.33. The molecule has 0 aromatic rings. The fourth-order valence-electron chi connectivity index (χ4n) is 2.54. The molecule has 1 saturated carbocycles. The molecule has 0 aliphatic heterocycles. The summed E-state index contributed by atoms with van der Waals surface area (Å²) in [5.41, 5.74) is -1.01. The van der Waals surface area contributed by atoms with Crippen molar-refractivity contribution in [3.8, 4) is 0 Å². The molecule has 1 rings (SSSR count). The number of ether oxygens (including phenoxy) is 1. The number of aliphatic hydroxyl groups is 1. The van der Waals surface area contributed by atoms with Crippen LogP contribution in [-0.2, 0) is 4.74 Å². The quantitative estimate of drug-likeness (QED) is 0.743. The zero-order valence-electron chi connectivity index (χ0n) is 11.2. The lowest BCUT2D eigenvalue weighted by Gasteiger charge is -2.47. The van der Waals surface area contributed by atoms with Crippen LogP contribution in [0.15, 0.2) is 12.3 Å². The van der Waals surface area contributed by atoms with Gasteiger partial charge in [-0.05, 0) is 32.6 Å². The second-order valence-electron chi connectivity index (χ2n) is 5.67. The Bertz CT molecular complexity index is 247. The summed E-state index contributed by atoms with van der Waals surface area (Å²) >= 11 is 0. The van der Waals surface area contributed by atoms with E-state index in [0.717, 1.165) is 18.8 Å². The van der Waals surface area contributed by atoms with Gasteiger partial charge in [0, 0.05) is 5.41 Å². The van der Waals surface area contributed by atoms with Gasteiger partial charge in [0.25, 0.3) is 0 Å². The van der Waals surface area contributed by atoms with E-state index >= 15 is 0 Å². The Hall–Kier alpha value is -0.500. The van der Waals surface area contributed by atoms with Gasteiger partial charge in [-0.3, -0.25) is 0 Å². The van der Waals surface area contributed by atoms with Gasteiger partial charge in [-0.2, -0.15) is 0 Å². The van der Waals surface area contributed by atoms with Gasteiger partial charge in [-0.15, -0.1) is 0 Å². The van der Waals surface area contributed by atoms with Crippen molar-refractivity contribution >= 4 is 0 Å². The van der Waals surface area contributed by atoms with Crippen LogP contribution in [0.4, 0.5) is 0 Å². The molecule has 1 atom stereocenters. The minimum absolute atomic E-state index is 0.0915. The highest BCUT2D eigenvalue weighted by molar-refractivity contribution is 5.12. The summed E-state index contributed by atoms with van der Waals surface area (Å²) in [6.45, 7) is 12.7. The maximum absolute atomic E-state index is 10.7. The van der Waals surface area contributed by atoms with Crippen molar-refractivity contribution < 1.29 is 9.84 Å². The van der Waals surface area contributed by atoms with E-state index in [1.54, 1.807) is 0 Å². The van der Waals surface area contributed by atoms with Gasteiger partial charge in [-0.25, -0.2) is 0 Å². The van der Waals surface area contributed by atoms with E-state index in [4.69, 9.17) is 4.74 Å². The van der Waals surface area contributed by atoms with Gasteiger partial charge < -0.3 is 9.84 Å². The molecule has 2 heteroatoms. The summed E-state index contributed by atoms with van der Waals surface area (Å²) in [7, 11) is 0. The minimum atomic E-state index is -0.914. The number of rotatable bonds is 4. The minimum Gasteiger partial charge on any atom is -0.496 e. The largest absolute Gasteiger partial charge is 0.496 e. The van der Waals surface area contributed by atoms with E-state index in [1.165, 1.54) is 12.8 Å². The van der Waals surface area contributed by atoms with Crippen LogP contribution in [0.1, 0.15) is 53.4 Å². The van der Waals surface area contributed by atoms with Crippen molar-refractivity contribution in [2.24, 2.45) is 11.3 Å². The summed E-state index contributed by atoms with van der Waals surface area (Å²) < 4.78 is 5.41. The van der Waals surface area contributed by atoms with E-state index in [1.807, 2.05) is 13.8 Å². The van der Waals surface area contributed by atoms with Gasteiger partial charge in [0.05, 0.1) is 6.61 Å². The highest BCUT2D eigenvalue weighted by Crippen LogP contribution is 2.48. The first kappa shape index (κ1) is 13.6. The average molecular weight is 226 g/mol. The standard InChI is InChI=1S/C14H26O2/c1-6-16-12(3)14(5,15)13(4)9-7-11(2)8-10-13/h11,15H,3,6-10H2,1-2,4-5H3. The van der Waals surface area contributed by atoms with Crippen molar-refractivity contribution in [1.82, 2.24) is 0 Å². The number of hydrogen-bond donors (Lipinski definition) is 1. The van der Waals surface area contributed by atoms with Gasteiger partial charge in [0.15, 0.2) is 0 Å². The molecule has 2 nitrogen and oxygen atoms in total. The van der Waals surface area contributed by atoms with E-state index in [-0.39, 0.29) is 5.41 Å². The topological polar surface area (TPSA) is 29.5 Å². The van der Waals surface area contributed by atoms with E-state index in [2.05, 4.69) is 20.4 Å². The van der Waals surface area contributed by atoms with Crippen LogP contribution in [0.25, 0.3) is 0 Å². The Kier molecular flexibility index (Phi) is 4.06. The molecule has 1 unspecified atom stereocenters. The molecule has 1 aliphatic carbocycles. The summed E-state index contributed by atoms with van der Waals surface area (Å²) in [4.78, 5) is 0. The molecule has 0 aromatic carbocycles. The van der Waals surface area contributed by atoms with Crippen molar-refractivity contribution in [1.29, 1.82) is 0 Å². The monoisotopic (exact) mass is 226 g/mol. The highest BCUT2D eigenvalue weighted by Gasteiger charge is 2.47. The van der Waals surface area contributed by atoms with Crippen LogP contribution in [-0.4, -0.2) is 17.3 Å². The molecular formula is C14H26O2. The molecule has 1 fully saturated rings. The lowest BCUT2D eigenvalue weighted by atomic mass is 9.63. The van der Waals surface area contributed by atoms with Gasteiger partial charge in [0.1, 0.15) is 11.4 Å². The van der Waals surface area contributed by atoms with Gasteiger partial charge in [0.2, 0.25) is 0 Å². The summed E-state index contributed by atoms with van der Waals surface area (Å²) in [6, 6.07) is 0. The van der Waals surface area contributed by atoms with E-state index < -0.39 is 5.60 Å². The average Bonchev–Trinajstić information content (AvgIpc) is 2.23. The third-order valence-corrected chi connectivity index (χ3v) is 4.41. The lowest BCUT2D eigenvalue weighted by molar-refractivity contribution is -0.0899. The Balaban J connectivity index is 2.77. The lowest BCUT2D eigenvalue weighted by Crippen LogP contribution is -2.47. The van der Waals surface area contributed by atoms with Crippen molar-refractivity contribution in [3.05, 3.63) is 12.3 Å². The van der Waals surface area contributed by atoms with Crippen molar-refractivity contribution in [3.63, 3.8) is 0 Å². The van der Waals surface area contributed by atoms with Crippen LogP contribution in [0.2, 0.25) is 0 Å². The second kappa shape index (κ2) is 4.79. The Morgan fingerprint density at radius 2 is 2.00 bits per heavy atom. The predicted octanol–water partition coefficient (Wildman–Crippen LogP) is 3.50. The van der Waals surface area contributed by atoms with Crippen LogP contribution in [0.5, 0.6) is 0 Å². The molecule has 0 saturated heterocycles. The second-order valence-corrected chi connectivity index (χ2v) is 5.67. The molecular weight excluding hydrogens is 200 g/mol. The van der Waals surface area contributed by atoms with Crippen LogP contribution < -0.4 is 0 Å². The molecule has 0 amide bonds. The third-order valence-electron chi connectivity index (χ3n) is 4.41. The zero-order chi connectivity index (χ0) is 12.4.